The minimum atomic E-state index is -0.524. The van der Waals surface area contributed by atoms with Gasteiger partial charge in [0.2, 0.25) is 0 Å². The maximum Gasteiger partial charge on any atom is 0.0907 e. The van der Waals surface area contributed by atoms with E-state index in [1.54, 1.807) is 10.9 Å². The van der Waals surface area contributed by atoms with E-state index in [1.165, 1.54) is 0 Å². The Morgan fingerprint density at radius 2 is 2.33 bits per heavy atom. The van der Waals surface area contributed by atoms with Gasteiger partial charge in [0.05, 0.1) is 23.4 Å². The third kappa shape index (κ3) is 3.73. The van der Waals surface area contributed by atoms with Crippen LogP contribution in [-0.2, 0) is 6.54 Å². The summed E-state index contributed by atoms with van der Waals surface area (Å²) in [6.45, 7) is 0.870. The summed E-state index contributed by atoms with van der Waals surface area (Å²) >= 11 is 9.41. The van der Waals surface area contributed by atoms with E-state index in [9.17, 15) is 5.11 Å². The van der Waals surface area contributed by atoms with Crippen LogP contribution in [0.3, 0.4) is 0 Å². The highest BCUT2D eigenvalue weighted by atomic mass is 79.9. The average molecular weight is 331 g/mol. The van der Waals surface area contributed by atoms with Crippen molar-refractivity contribution in [3.8, 4) is 0 Å². The molecular weight excluding hydrogens is 318 g/mol. The molecule has 1 aromatic carbocycles. The van der Waals surface area contributed by atoms with E-state index in [1.807, 2.05) is 30.5 Å². The van der Waals surface area contributed by atoms with Gasteiger partial charge < -0.3 is 10.4 Å². The van der Waals surface area contributed by atoms with E-state index in [4.69, 9.17) is 11.6 Å². The second kappa shape index (κ2) is 6.22. The minimum absolute atomic E-state index is 0.418. The van der Waals surface area contributed by atoms with Crippen molar-refractivity contribution in [2.45, 2.75) is 12.6 Å². The predicted octanol–water partition coefficient (Wildman–Crippen LogP) is 2.77. The highest BCUT2D eigenvalue weighted by molar-refractivity contribution is 9.10. The number of aliphatic hydroxyl groups is 1. The Bertz CT molecular complexity index is 504. The molecule has 0 spiro atoms. The van der Waals surface area contributed by atoms with E-state index in [2.05, 4.69) is 26.3 Å². The van der Waals surface area contributed by atoms with E-state index in [-0.39, 0.29) is 0 Å². The number of aliphatic hydroxyl groups excluding tert-OH is 1. The standard InChI is InChI=1S/C12H13BrClN3O/c13-9-2-3-12(11(14)6-9)15-7-10(18)8-17-5-1-4-16-17/h1-6,10,15,18H,7-8H2. The van der Waals surface area contributed by atoms with E-state index >= 15 is 0 Å². The van der Waals surface area contributed by atoms with E-state index < -0.39 is 6.10 Å². The predicted molar refractivity (Wildman–Crippen MR) is 75.9 cm³/mol. The average Bonchev–Trinajstić information content (AvgIpc) is 2.80. The summed E-state index contributed by atoms with van der Waals surface area (Å²) in [6.07, 6.45) is 2.98. The lowest BCUT2D eigenvalue weighted by Crippen LogP contribution is -2.25. The minimum Gasteiger partial charge on any atom is -0.389 e. The smallest absolute Gasteiger partial charge is 0.0907 e. The van der Waals surface area contributed by atoms with Crippen molar-refractivity contribution in [1.29, 1.82) is 0 Å². The summed E-state index contributed by atoms with van der Waals surface area (Å²) in [4.78, 5) is 0. The molecule has 18 heavy (non-hydrogen) atoms. The number of aromatic nitrogens is 2. The largest absolute Gasteiger partial charge is 0.389 e. The number of nitrogens with one attached hydrogen (secondary N) is 1. The molecule has 1 unspecified atom stereocenters. The third-order valence-corrected chi connectivity index (χ3v) is 3.22. The molecule has 4 nitrogen and oxygen atoms in total. The first-order valence-corrected chi connectivity index (χ1v) is 6.66. The molecule has 2 rings (SSSR count). The first kappa shape index (κ1) is 13.4. The molecule has 0 aliphatic heterocycles. The number of rotatable bonds is 5. The molecule has 6 heteroatoms. The number of nitrogens with zero attached hydrogens (tertiary/aromatic N) is 2. The van der Waals surface area contributed by atoms with Crippen molar-refractivity contribution in [3.63, 3.8) is 0 Å². The molecule has 96 valence electrons. The zero-order valence-electron chi connectivity index (χ0n) is 9.55. The summed E-state index contributed by atoms with van der Waals surface area (Å²) < 4.78 is 2.62. The van der Waals surface area contributed by atoms with Crippen LogP contribution in [0.5, 0.6) is 0 Å². The molecule has 0 amide bonds. The summed E-state index contributed by atoms with van der Waals surface area (Å²) in [7, 11) is 0. The first-order valence-electron chi connectivity index (χ1n) is 5.49. The molecule has 0 aliphatic rings. The van der Waals surface area contributed by atoms with Gasteiger partial charge in [-0.05, 0) is 24.3 Å². The van der Waals surface area contributed by atoms with Crippen LogP contribution >= 0.6 is 27.5 Å². The Morgan fingerprint density at radius 3 is 3.00 bits per heavy atom. The van der Waals surface area contributed by atoms with Gasteiger partial charge in [0.1, 0.15) is 0 Å². The van der Waals surface area contributed by atoms with Gasteiger partial charge in [-0.3, -0.25) is 4.68 Å². The van der Waals surface area contributed by atoms with Gasteiger partial charge in [-0.1, -0.05) is 27.5 Å². The van der Waals surface area contributed by atoms with Gasteiger partial charge in [-0.2, -0.15) is 5.10 Å². The molecule has 0 aliphatic carbocycles. The van der Waals surface area contributed by atoms with Crippen molar-refractivity contribution in [3.05, 3.63) is 46.2 Å². The highest BCUT2D eigenvalue weighted by Gasteiger charge is 2.07. The van der Waals surface area contributed by atoms with Gasteiger partial charge in [0.25, 0.3) is 0 Å². The molecular formula is C12H13BrClN3O. The van der Waals surface area contributed by atoms with Gasteiger partial charge in [0.15, 0.2) is 0 Å². The van der Waals surface area contributed by atoms with E-state index in [0.29, 0.717) is 18.1 Å². The van der Waals surface area contributed by atoms with Gasteiger partial charge in [-0.15, -0.1) is 0 Å². The van der Waals surface area contributed by atoms with Crippen molar-refractivity contribution in [1.82, 2.24) is 9.78 Å². The first-order chi connectivity index (χ1) is 8.65. The lowest BCUT2D eigenvalue weighted by Gasteiger charge is -2.14. The summed E-state index contributed by atoms with van der Waals surface area (Å²) in [5.74, 6) is 0. The van der Waals surface area contributed by atoms with Crippen LogP contribution in [-0.4, -0.2) is 27.5 Å². The summed E-state index contributed by atoms with van der Waals surface area (Å²) in [6, 6.07) is 7.40. The van der Waals surface area contributed by atoms with Gasteiger partial charge >= 0.3 is 0 Å². The molecule has 0 radical (unpaired) electrons. The van der Waals surface area contributed by atoms with E-state index in [0.717, 1.165) is 10.2 Å². The fraction of sp³-hybridized carbons (Fsp3) is 0.250. The van der Waals surface area contributed by atoms with Crippen LogP contribution in [0.25, 0.3) is 0 Å². The Kier molecular flexibility index (Phi) is 4.63. The molecule has 0 saturated heterocycles. The molecule has 1 heterocycles. The van der Waals surface area contributed by atoms with Gasteiger partial charge in [-0.25, -0.2) is 0 Å². The monoisotopic (exact) mass is 329 g/mol. The maximum atomic E-state index is 9.85. The Labute approximate surface area is 119 Å². The Morgan fingerprint density at radius 1 is 1.50 bits per heavy atom. The van der Waals surface area contributed by atoms with Crippen LogP contribution < -0.4 is 5.32 Å². The fourth-order valence-corrected chi connectivity index (χ4v) is 2.29. The highest BCUT2D eigenvalue weighted by Crippen LogP contribution is 2.25. The zero-order valence-corrected chi connectivity index (χ0v) is 11.9. The number of hydrogen-bond acceptors (Lipinski definition) is 3. The quantitative estimate of drug-likeness (QED) is 0.886. The molecule has 0 fully saturated rings. The number of hydrogen-bond donors (Lipinski definition) is 2. The lowest BCUT2D eigenvalue weighted by atomic mass is 10.3. The van der Waals surface area contributed by atoms with Crippen LogP contribution in [0.4, 0.5) is 5.69 Å². The molecule has 2 N–H and O–H groups in total. The molecule has 1 aromatic heterocycles. The topological polar surface area (TPSA) is 50.1 Å². The Hall–Kier alpha value is -1.04. The van der Waals surface area contributed by atoms with Gasteiger partial charge in [0, 0.05) is 23.4 Å². The molecule has 2 aromatic rings. The SMILES string of the molecule is OC(CNc1ccc(Br)cc1Cl)Cn1cccn1. The van der Waals surface area contributed by atoms with Crippen molar-refractivity contribution >= 4 is 33.2 Å². The number of halogens is 2. The molecule has 0 saturated carbocycles. The fourth-order valence-electron chi connectivity index (χ4n) is 1.55. The van der Waals surface area contributed by atoms with Crippen LogP contribution in [0.1, 0.15) is 0 Å². The molecule has 0 bridgehead atoms. The third-order valence-electron chi connectivity index (χ3n) is 2.42. The molecule has 1 atom stereocenters. The normalized spacial score (nSPS) is 12.4. The maximum absolute atomic E-state index is 9.85. The lowest BCUT2D eigenvalue weighted by molar-refractivity contribution is 0.161. The van der Waals surface area contributed by atoms with Crippen LogP contribution in [0.15, 0.2) is 41.1 Å². The van der Waals surface area contributed by atoms with Crippen molar-refractivity contribution < 1.29 is 5.11 Å². The van der Waals surface area contributed by atoms with Crippen LogP contribution in [0, 0.1) is 0 Å². The second-order valence-corrected chi connectivity index (χ2v) is 5.21. The number of benzene rings is 1. The zero-order chi connectivity index (χ0) is 13.0. The van der Waals surface area contributed by atoms with Crippen LogP contribution in [0.2, 0.25) is 5.02 Å². The summed E-state index contributed by atoms with van der Waals surface area (Å²) in [5, 5.41) is 17.6. The van der Waals surface area contributed by atoms with Crippen molar-refractivity contribution in [2.75, 3.05) is 11.9 Å². The Balaban J connectivity index is 1.87. The number of anilines is 1. The second-order valence-electron chi connectivity index (χ2n) is 3.89. The van der Waals surface area contributed by atoms with Crippen molar-refractivity contribution in [2.24, 2.45) is 0 Å². The summed E-state index contributed by atoms with van der Waals surface area (Å²) in [5.41, 5.74) is 0.805.